The van der Waals surface area contributed by atoms with E-state index in [0.717, 1.165) is 0 Å². The highest BCUT2D eigenvalue weighted by molar-refractivity contribution is 9.10. The van der Waals surface area contributed by atoms with Crippen molar-refractivity contribution < 1.29 is 9.66 Å². The lowest BCUT2D eigenvalue weighted by Crippen LogP contribution is -1.97. The molecular weight excluding hydrogens is 369 g/mol. The summed E-state index contributed by atoms with van der Waals surface area (Å²) < 4.78 is 5.95. The van der Waals surface area contributed by atoms with E-state index in [2.05, 4.69) is 15.9 Å². The molecule has 0 saturated heterocycles. The molecule has 0 amide bonds. The Hall–Kier alpha value is -1.30. The largest absolute Gasteiger partial charge is 0.489 e. The lowest BCUT2D eigenvalue weighted by Gasteiger charge is -2.07. The second-order valence-corrected chi connectivity index (χ2v) is 5.58. The molecule has 0 spiro atoms. The first-order valence-corrected chi connectivity index (χ1v) is 7.03. The van der Waals surface area contributed by atoms with Crippen LogP contribution in [-0.4, -0.2) is 4.92 Å². The number of nitrogens with zero attached hydrogens (tertiary/aromatic N) is 1. The predicted molar refractivity (Wildman–Crippen MR) is 81.6 cm³/mol. The van der Waals surface area contributed by atoms with Gasteiger partial charge in [0, 0.05) is 12.1 Å². The molecule has 0 aliphatic carbocycles. The second-order valence-electron chi connectivity index (χ2n) is 3.91. The Balaban J connectivity index is 2.12. The molecule has 0 N–H and O–H groups in total. The zero-order chi connectivity index (χ0) is 14.7. The SMILES string of the molecule is O=[N+]([O-])c1cc(COc2ccc(Cl)c(Cl)c2)ccc1Br. The molecule has 0 aliphatic heterocycles. The maximum Gasteiger partial charge on any atom is 0.283 e. The van der Waals surface area contributed by atoms with Gasteiger partial charge in [0.25, 0.3) is 5.69 Å². The van der Waals surface area contributed by atoms with Crippen molar-refractivity contribution in [2.45, 2.75) is 6.61 Å². The molecule has 4 nitrogen and oxygen atoms in total. The van der Waals surface area contributed by atoms with Gasteiger partial charge in [0.05, 0.1) is 19.4 Å². The first-order valence-electron chi connectivity index (χ1n) is 5.48. The summed E-state index contributed by atoms with van der Waals surface area (Å²) in [5, 5.41) is 11.7. The van der Waals surface area contributed by atoms with Gasteiger partial charge < -0.3 is 4.74 Å². The third kappa shape index (κ3) is 3.62. The summed E-state index contributed by atoms with van der Waals surface area (Å²) >= 11 is 14.8. The molecule has 104 valence electrons. The van der Waals surface area contributed by atoms with Crippen LogP contribution in [0.4, 0.5) is 5.69 Å². The monoisotopic (exact) mass is 375 g/mol. The Bertz CT molecular complexity index is 664. The van der Waals surface area contributed by atoms with Gasteiger partial charge in [0.15, 0.2) is 0 Å². The lowest BCUT2D eigenvalue weighted by atomic mass is 10.2. The summed E-state index contributed by atoms with van der Waals surface area (Å²) in [7, 11) is 0. The van der Waals surface area contributed by atoms with E-state index in [1.165, 1.54) is 6.07 Å². The van der Waals surface area contributed by atoms with E-state index in [4.69, 9.17) is 27.9 Å². The third-order valence-corrected chi connectivity index (χ3v) is 3.91. The van der Waals surface area contributed by atoms with Crippen LogP contribution in [0.3, 0.4) is 0 Å². The van der Waals surface area contributed by atoms with Crippen LogP contribution in [0, 0.1) is 10.1 Å². The molecule has 0 atom stereocenters. The van der Waals surface area contributed by atoms with E-state index < -0.39 is 4.92 Å². The van der Waals surface area contributed by atoms with E-state index >= 15 is 0 Å². The Morgan fingerprint density at radius 1 is 1.15 bits per heavy atom. The van der Waals surface area contributed by atoms with Gasteiger partial charge in [-0.25, -0.2) is 0 Å². The molecule has 20 heavy (non-hydrogen) atoms. The van der Waals surface area contributed by atoms with E-state index in [-0.39, 0.29) is 12.3 Å². The molecule has 2 rings (SSSR count). The first-order chi connectivity index (χ1) is 9.47. The number of nitro benzene ring substituents is 1. The molecule has 0 bridgehead atoms. The van der Waals surface area contributed by atoms with Crippen molar-refractivity contribution in [3.05, 3.63) is 66.6 Å². The van der Waals surface area contributed by atoms with E-state index in [1.807, 2.05) is 0 Å². The van der Waals surface area contributed by atoms with Crippen molar-refractivity contribution in [3.63, 3.8) is 0 Å². The fraction of sp³-hybridized carbons (Fsp3) is 0.0769. The molecule has 2 aromatic carbocycles. The van der Waals surface area contributed by atoms with Gasteiger partial charge in [0.1, 0.15) is 12.4 Å². The Morgan fingerprint density at radius 2 is 1.90 bits per heavy atom. The van der Waals surface area contributed by atoms with Crippen molar-refractivity contribution in [2.75, 3.05) is 0 Å². The number of hydrogen-bond acceptors (Lipinski definition) is 3. The average Bonchev–Trinajstić information content (AvgIpc) is 2.41. The quantitative estimate of drug-likeness (QED) is 0.541. The van der Waals surface area contributed by atoms with Crippen LogP contribution < -0.4 is 4.74 Å². The van der Waals surface area contributed by atoms with Crippen LogP contribution in [0.5, 0.6) is 5.75 Å². The summed E-state index contributed by atoms with van der Waals surface area (Å²) in [4.78, 5) is 10.4. The van der Waals surface area contributed by atoms with Crippen LogP contribution in [0.15, 0.2) is 40.9 Å². The minimum absolute atomic E-state index is 0.000221. The standard InChI is InChI=1S/C13H8BrCl2NO3/c14-10-3-1-8(5-13(10)17(18)19)7-20-9-2-4-11(15)12(16)6-9/h1-6H,7H2. The summed E-state index contributed by atoms with van der Waals surface area (Å²) in [5.41, 5.74) is 0.686. The van der Waals surface area contributed by atoms with Crippen LogP contribution in [0.2, 0.25) is 10.0 Å². The highest BCUT2D eigenvalue weighted by Gasteiger charge is 2.12. The van der Waals surface area contributed by atoms with Crippen LogP contribution in [-0.2, 0) is 6.61 Å². The highest BCUT2D eigenvalue weighted by Crippen LogP contribution is 2.28. The Kier molecular flexibility index (Phi) is 4.86. The number of rotatable bonds is 4. The molecule has 0 aromatic heterocycles. The number of hydrogen-bond donors (Lipinski definition) is 0. The van der Waals surface area contributed by atoms with Crippen LogP contribution in [0.1, 0.15) is 5.56 Å². The number of halogens is 3. The maximum atomic E-state index is 10.8. The summed E-state index contributed by atoms with van der Waals surface area (Å²) in [6, 6.07) is 9.73. The van der Waals surface area contributed by atoms with Gasteiger partial charge >= 0.3 is 0 Å². The maximum absolute atomic E-state index is 10.8. The fourth-order valence-electron chi connectivity index (χ4n) is 1.52. The Labute approximate surface area is 133 Å². The zero-order valence-electron chi connectivity index (χ0n) is 9.98. The molecule has 0 heterocycles. The van der Waals surface area contributed by atoms with Gasteiger partial charge in [-0.05, 0) is 39.7 Å². The van der Waals surface area contributed by atoms with Gasteiger partial charge in [-0.15, -0.1) is 0 Å². The van der Waals surface area contributed by atoms with Gasteiger partial charge in [0.2, 0.25) is 0 Å². The molecule has 0 fully saturated rings. The molecular formula is C13H8BrCl2NO3. The first kappa shape index (κ1) is 15.1. The van der Waals surface area contributed by atoms with Crippen LogP contribution in [0.25, 0.3) is 0 Å². The zero-order valence-corrected chi connectivity index (χ0v) is 13.1. The fourth-order valence-corrected chi connectivity index (χ4v) is 2.20. The molecule has 2 aromatic rings. The van der Waals surface area contributed by atoms with Crippen LogP contribution >= 0.6 is 39.1 Å². The van der Waals surface area contributed by atoms with Crippen molar-refractivity contribution >= 4 is 44.8 Å². The highest BCUT2D eigenvalue weighted by atomic mass is 79.9. The van der Waals surface area contributed by atoms with E-state index in [9.17, 15) is 10.1 Å². The topological polar surface area (TPSA) is 52.4 Å². The van der Waals surface area contributed by atoms with E-state index in [1.54, 1.807) is 30.3 Å². The Morgan fingerprint density at radius 3 is 2.55 bits per heavy atom. The van der Waals surface area contributed by atoms with Crippen molar-refractivity contribution in [2.24, 2.45) is 0 Å². The molecule has 0 unspecified atom stereocenters. The van der Waals surface area contributed by atoms with Crippen molar-refractivity contribution in [1.82, 2.24) is 0 Å². The van der Waals surface area contributed by atoms with E-state index in [0.29, 0.717) is 25.8 Å². The van der Waals surface area contributed by atoms with Gasteiger partial charge in [-0.2, -0.15) is 0 Å². The summed E-state index contributed by atoms with van der Waals surface area (Å²) in [6.45, 7) is 0.200. The molecule has 7 heteroatoms. The minimum Gasteiger partial charge on any atom is -0.489 e. The third-order valence-electron chi connectivity index (χ3n) is 2.50. The number of ether oxygens (including phenoxy) is 1. The second kappa shape index (κ2) is 6.43. The van der Waals surface area contributed by atoms with Crippen molar-refractivity contribution in [1.29, 1.82) is 0 Å². The van der Waals surface area contributed by atoms with Crippen molar-refractivity contribution in [3.8, 4) is 5.75 Å². The summed E-state index contributed by atoms with van der Waals surface area (Å²) in [6.07, 6.45) is 0. The average molecular weight is 377 g/mol. The molecule has 0 saturated carbocycles. The number of nitro groups is 1. The molecule has 0 radical (unpaired) electrons. The van der Waals surface area contributed by atoms with Gasteiger partial charge in [-0.1, -0.05) is 29.3 Å². The molecule has 0 aliphatic rings. The lowest BCUT2D eigenvalue weighted by molar-refractivity contribution is -0.385. The number of benzene rings is 2. The normalized spacial score (nSPS) is 10.3. The smallest absolute Gasteiger partial charge is 0.283 e. The van der Waals surface area contributed by atoms with Gasteiger partial charge in [-0.3, -0.25) is 10.1 Å². The predicted octanol–water partition coefficient (Wildman–Crippen LogP) is 5.24. The summed E-state index contributed by atoms with van der Waals surface area (Å²) in [5.74, 6) is 0.546. The minimum atomic E-state index is -0.452.